The highest BCUT2D eigenvalue weighted by molar-refractivity contribution is 14.1. The minimum absolute atomic E-state index is 0.0764. The maximum absolute atomic E-state index is 6.34. The second-order valence-corrected chi connectivity index (χ2v) is 7.91. The van der Waals surface area contributed by atoms with Crippen LogP contribution in [0.3, 0.4) is 0 Å². The zero-order chi connectivity index (χ0) is 15.4. The van der Waals surface area contributed by atoms with Crippen LogP contribution in [0, 0.1) is 7.14 Å². The summed E-state index contributed by atoms with van der Waals surface area (Å²) in [5.74, 6) is 0. The maximum Gasteiger partial charge on any atom is 0.158 e. The third-order valence-corrected chi connectivity index (χ3v) is 5.07. The fourth-order valence-electron chi connectivity index (χ4n) is 2.66. The summed E-state index contributed by atoms with van der Waals surface area (Å²) in [6, 6.07) is 17.0. The lowest BCUT2D eigenvalue weighted by Gasteiger charge is -2.28. The molecule has 2 nitrogen and oxygen atoms in total. The Labute approximate surface area is 158 Å². The lowest BCUT2D eigenvalue weighted by molar-refractivity contribution is -0.181. The molecule has 0 aromatic heterocycles. The molecule has 2 aromatic carbocycles. The van der Waals surface area contributed by atoms with E-state index in [1.165, 1.54) is 24.7 Å². The van der Waals surface area contributed by atoms with E-state index in [1.54, 1.807) is 0 Å². The molecule has 1 aliphatic rings. The van der Waals surface area contributed by atoms with E-state index in [9.17, 15) is 0 Å². The highest BCUT2D eigenvalue weighted by Gasteiger charge is 2.23. The smallest absolute Gasteiger partial charge is 0.158 e. The lowest BCUT2D eigenvalue weighted by atomic mass is 10.0. The van der Waals surface area contributed by atoms with Crippen molar-refractivity contribution < 1.29 is 9.47 Å². The Morgan fingerprint density at radius 3 is 2.09 bits per heavy atom. The molecule has 0 amide bonds. The first-order valence-electron chi connectivity index (χ1n) is 7.50. The largest absolute Gasteiger partial charge is 0.353 e. The van der Waals surface area contributed by atoms with Crippen molar-refractivity contribution in [2.45, 2.75) is 31.7 Å². The molecule has 1 heterocycles. The maximum atomic E-state index is 6.34. The van der Waals surface area contributed by atoms with Gasteiger partial charge in [0.1, 0.15) is 6.10 Å². The van der Waals surface area contributed by atoms with Crippen LogP contribution in [0.15, 0.2) is 48.5 Å². The Hall–Kier alpha value is -0.180. The summed E-state index contributed by atoms with van der Waals surface area (Å²) in [5, 5.41) is 0. The van der Waals surface area contributed by atoms with E-state index in [2.05, 4.69) is 93.7 Å². The normalized spacial score (nSPS) is 18.6. The van der Waals surface area contributed by atoms with Crippen molar-refractivity contribution >= 4 is 45.2 Å². The summed E-state index contributed by atoms with van der Waals surface area (Å²) in [6.45, 7) is 0.802. The zero-order valence-electron chi connectivity index (χ0n) is 12.2. The molecule has 4 heteroatoms. The van der Waals surface area contributed by atoms with Crippen molar-refractivity contribution in [3.63, 3.8) is 0 Å². The van der Waals surface area contributed by atoms with Gasteiger partial charge in [-0.25, -0.2) is 0 Å². The van der Waals surface area contributed by atoms with Crippen molar-refractivity contribution in [2.24, 2.45) is 0 Å². The highest BCUT2D eigenvalue weighted by Crippen LogP contribution is 2.31. The minimum Gasteiger partial charge on any atom is -0.353 e. The van der Waals surface area contributed by atoms with Crippen LogP contribution in [0.25, 0.3) is 0 Å². The standard InChI is InChI=1S/C18H18I2O2/c19-15-7-3-5-13(11-15)18(14-6-4-8-16(20)12-14)22-17-9-1-2-10-21-17/h3-8,11-12,17-18H,1-2,9-10H2. The van der Waals surface area contributed by atoms with Crippen molar-refractivity contribution in [3.8, 4) is 0 Å². The van der Waals surface area contributed by atoms with Gasteiger partial charge in [0.05, 0.1) is 0 Å². The molecule has 0 N–H and O–H groups in total. The topological polar surface area (TPSA) is 18.5 Å². The molecule has 1 atom stereocenters. The first-order valence-corrected chi connectivity index (χ1v) is 9.66. The summed E-state index contributed by atoms with van der Waals surface area (Å²) in [4.78, 5) is 0. The van der Waals surface area contributed by atoms with Gasteiger partial charge in [0.15, 0.2) is 6.29 Å². The van der Waals surface area contributed by atoms with Crippen LogP contribution in [-0.2, 0) is 9.47 Å². The Balaban J connectivity index is 1.90. The SMILES string of the molecule is Ic1cccc(C(OC2CCCCO2)c2cccc(I)c2)c1. The van der Waals surface area contributed by atoms with Gasteiger partial charge < -0.3 is 9.47 Å². The number of rotatable bonds is 4. The third-order valence-electron chi connectivity index (χ3n) is 3.73. The molecule has 0 saturated carbocycles. The predicted octanol–water partition coefficient (Wildman–Crippen LogP) is 5.53. The van der Waals surface area contributed by atoms with E-state index < -0.39 is 0 Å². The average Bonchev–Trinajstić information content (AvgIpc) is 2.53. The first-order chi connectivity index (χ1) is 10.7. The minimum atomic E-state index is -0.102. The molecule has 2 aromatic rings. The Kier molecular flexibility index (Phi) is 6.12. The van der Waals surface area contributed by atoms with E-state index in [1.807, 2.05) is 0 Å². The van der Waals surface area contributed by atoms with Gasteiger partial charge in [-0.05, 0) is 99.8 Å². The van der Waals surface area contributed by atoms with Gasteiger partial charge >= 0.3 is 0 Å². The quantitative estimate of drug-likeness (QED) is 0.495. The van der Waals surface area contributed by atoms with Crippen LogP contribution >= 0.6 is 45.2 Å². The van der Waals surface area contributed by atoms with Crippen LogP contribution in [0.4, 0.5) is 0 Å². The fraction of sp³-hybridized carbons (Fsp3) is 0.333. The molecular formula is C18H18I2O2. The third kappa shape index (κ3) is 4.43. The van der Waals surface area contributed by atoms with E-state index >= 15 is 0 Å². The van der Waals surface area contributed by atoms with Crippen molar-refractivity contribution in [2.75, 3.05) is 6.61 Å². The number of ether oxygens (including phenoxy) is 2. The molecule has 0 aliphatic carbocycles. The molecule has 1 aliphatic heterocycles. The zero-order valence-corrected chi connectivity index (χ0v) is 16.5. The van der Waals surface area contributed by atoms with E-state index in [-0.39, 0.29) is 12.4 Å². The molecule has 1 unspecified atom stereocenters. The Bertz CT molecular complexity index is 578. The van der Waals surface area contributed by atoms with Gasteiger partial charge in [0.2, 0.25) is 0 Å². The van der Waals surface area contributed by atoms with Crippen molar-refractivity contribution in [1.29, 1.82) is 0 Å². The van der Waals surface area contributed by atoms with Gasteiger partial charge in [-0.3, -0.25) is 0 Å². The first kappa shape index (κ1) is 16.7. The second kappa shape index (κ2) is 8.08. The van der Waals surface area contributed by atoms with E-state index in [4.69, 9.17) is 9.47 Å². The lowest BCUT2D eigenvalue weighted by Crippen LogP contribution is -2.25. The van der Waals surface area contributed by atoms with Crippen molar-refractivity contribution in [1.82, 2.24) is 0 Å². The van der Waals surface area contributed by atoms with Gasteiger partial charge in [-0.1, -0.05) is 24.3 Å². The van der Waals surface area contributed by atoms with Gasteiger partial charge in [-0.15, -0.1) is 0 Å². The molecule has 116 valence electrons. The fourth-order valence-corrected chi connectivity index (χ4v) is 3.79. The van der Waals surface area contributed by atoms with E-state index in [0.29, 0.717) is 0 Å². The average molecular weight is 520 g/mol. The van der Waals surface area contributed by atoms with Gasteiger partial charge in [0, 0.05) is 13.7 Å². The summed E-state index contributed by atoms with van der Waals surface area (Å²) >= 11 is 4.69. The van der Waals surface area contributed by atoms with Crippen LogP contribution < -0.4 is 0 Å². The summed E-state index contributed by atoms with van der Waals surface area (Å²) in [5.41, 5.74) is 2.37. The second-order valence-electron chi connectivity index (χ2n) is 5.42. The van der Waals surface area contributed by atoms with Gasteiger partial charge in [-0.2, -0.15) is 0 Å². The molecule has 1 saturated heterocycles. The highest BCUT2D eigenvalue weighted by atomic mass is 127. The van der Waals surface area contributed by atoms with Crippen LogP contribution in [-0.4, -0.2) is 12.9 Å². The van der Waals surface area contributed by atoms with Crippen LogP contribution in [0.5, 0.6) is 0 Å². The van der Waals surface area contributed by atoms with Crippen LogP contribution in [0.1, 0.15) is 36.5 Å². The monoisotopic (exact) mass is 520 g/mol. The Morgan fingerprint density at radius 1 is 0.955 bits per heavy atom. The van der Waals surface area contributed by atoms with Crippen LogP contribution in [0.2, 0.25) is 0 Å². The summed E-state index contributed by atoms with van der Waals surface area (Å²) in [7, 11) is 0. The summed E-state index contributed by atoms with van der Waals surface area (Å²) < 4.78 is 14.6. The number of hydrogen-bond acceptors (Lipinski definition) is 2. The molecule has 22 heavy (non-hydrogen) atoms. The van der Waals surface area contributed by atoms with E-state index in [0.717, 1.165) is 19.4 Å². The summed E-state index contributed by atoms with van der Waals surface area (Å²) in [6.07, 6.45) is 3.11. The molecule has 0 radical (unpaired) electrons. The molecule has 0 bridgehead atoms. The number of halogens is 2. The Morgan fingerprint density at radius 2 is 1.59 bits per heavy atom. The molecule has 3 rings (SSSR count). The van der Waals surface area contributed by atoms with Crippen molar-refractivity contribution in [3.05, 3.63) is 66.8 Å². The predicted molar refractivity (Wildman–Crippen MR) is 105 cm³/mol. The molecule has 0 spiro atoms. The number of benzene rings is 2. The number of hydrogen-bond donors (Lipinski definition) is 0. The molecule has 1 fully saturated rings. The molecular weight excluding hydrogens is 502 g/mol. The van der Waals surface area contributed by atoms with Gasteiger partial charge in [0.25, 0.3) is 0 Å².